The molecule has 4 rings (SSSR count). The van der Waals surface area contributed by atoms with Gasteiger partial charge in [-0.25, -0.2) is 8.42 Å². The Morgan fingerprint density at radius 2 is 1.97 bits per heavy atom. The van der Waals surface area contributed by atoms with E-state index in [4.69, 9.17) is 9.26 Å². The Bertz CT molecular complexity index is 943. The van der Waals surface area contributed by atoms with Gasteiger partial charge in [0.25, 0.3) is 0 Å². The summed E-state index contributed by atoms with van der Waals surface area (Å²) in [5.74, 6) is 1.13. The fraction of sp³-hybridized carbons (Fsp3) is 0.591. The molecule has 1 aliphatic heterocycles. The van der Waals surface area contributed by atoms with Gasteiger partial charge in [0.1, 0.15) is 22.9 Å². The summed E-state index contributed by atoms with van der Waals surface area (Å²) in [5.41, 5.74) is 1.33. The van der Waals surface area contributed by atoms with Crippen LogP contribution in [0.5, 0.6) is 5.75 Å². The summed E-state index contributed by atoms with van der Waals surface area (Å²) in [6.45, 7) is 7.52. The predicted octanol–water partition coefficient (Wildman–Crippen LogP) is 3.51. The first-order valence-electron chi connectivity index (χ1n) is 10.8. The van der Waals surface area contributed by atoms with Gasteiger partial charge in [-0.2, -0.15) is 4.31 Å². The van der Waals surface area contributed by atoms with Gasteiger partial charge in [0, 0.05) is 19.1 Å². The normalized spacial score (nSPS) is 18.1. The molecule has 1 aromatic heterocycles. The first-order valence-corrected chi connectivity index (χ1v) is 12.3. The van der Waals surface area contributed by atoms with Gasteiger partial charge < -0.3 is 9.26 Å². The molecule has 2 aliphatic rings. The molecular weight excluding hydrogens is 402 g/mol. The molecule has 2 fully saturated rings. The van der Waals surface area contributed by atoms with Crippen molar-refractivity contribution in [1.29, 1.82) is 0 Å². The van der Waals surface area contributed by atoms with Crippen molar-refractivity contribution < 1.29 is 17.7 Å². The maximum atomic E-state index is 13.3. The van der Waals surface area contributed by atoms with Gasteiger partial charge in [-0.1, -0.05) is 23.7 Å². The second kappa shape index (κ2) is 9.08. The highest BCUT2D eigenvalue weighted by Gasteiger charge is 2.40. The second-order valence-corrected chi connectivity index (χ2v) is 10.2. The van der Waals surface area contributed by atoms with E-state index in [1.807, 2.05) is 24.3 Å². The number of piperidine rings is 1. The van der Waals surface area contributed by atoms with E-state index in [0.717, 1.165) is 43.8 Å². The molecule has 0 radical (unpaired) electrons. The first kappa shape index (κ1) is 21.3. The molecule has 0 spiro atoms. The zero-order chi connectivity index (χ0) is 21.1. The van der Waals surface area contributed by atoms with Crippen LogP contribution in [0.4, 0.5) is 0 Å². The fourth-order valence-electron chi connectivity index (χ4n) is 4.12. The largest absolute Gasteiger partial charge is 0.492 e. The average Bonchev–Trinajstić information content (AvgIpc) is 3.51. The molecule has 8 heteroatoms. The molecule has 0 bridgehead atoms. The highest BCUT2D eigenvalue weighted by molar-refractivity contribution is 7.89. The Kier molecular flexibility index (Phi) is 6.46. The third-order valence-corrected chi connectivity index (χ3v) is 7.99. The van der Waals surface area contributed by atoms with Gasteiger partial charge in [0.05, 0.1) is 0 Å². The first-order chi connectivity index (χ1) is 14.4. The summed E-state index contributed by atoms with van der Waals surface area (Å²) < 4.78 is 39.4. The number of aryl methyl sites for hydroxylation is 2. The van der Waals surface area contributed by atoms with Crippen LogP contribution >= 0.6 is 0 Å². The molecule has 0 atom stereocenters. The molecule has 0 N–H and O–H groups in total. The number of benzene rings is 1. The average molecular weight is 434 g/mol. The standard InChI is InChI=1S/C22H31N3O4S/c1-17-22(18(2)29-23-17)30(26,27)25(20-9-10-20)16-19-7-6-8-21(15-19)28-14-13-24-11-4-3-5-12-24/h6-8,15,20H,3-5,9-14,16H2,1-2H3. The quantitative estimate of drug-likeness (QED) is 0.602. The number of aromatic nitrogens is 1. The van der Waals surface area contributed by atoms with Crippen LogP contribution in [-0.4, -0.2) is 55.1 Å². The summed E-state index contributed by atoms with van der Waals surface area (Å²) in [5, 5.41) is 3.83. The van der Waals surface area contributed by atoms with Crippen LogP contribution in [0.15, 0.2) is 33.7 Å². The van der Waals surface area contributed by atoms with E-state index in [2.05, 4.69) is 10.1 Å². The molecule has 2 aromatic rings. The molecular formula is C22H31N3O4S. The van der Waals surface area contributed by atoms with Crippen molar-refractivity contribution in [2.24, 2.45) is 0 Å². The smallest absolute Gasteiger partial charge is 0.249 e. The lowest BCUT2D eigenvalue weighted by molar-refractivity contribution is 0.183. The van der Waals surface area contributed by atoms with Crippen LogP contribution < -0.4 is 4.74 Å². The predicted molar refractivity (Wildman–Crippen MR) is 114 cm³/mol. The van der Waals surface area contributed by atoms with Crippen molar-refractivity contribution in [3.05, 3.63) is 41.3 Å². The van der Waals surface area contributed by atoms with Crippen LogP contribution in [0.25, 0.3) is 0 Å². The van der Waals surface area contributed by atoms with Crippen molar-refractivity contribution in [1.82, 2.24) is 14.4 Å². The van der Waals surface area contributed by atoms with Crippen LogP contribution in [0.2, 0.25) is 0 Å². The van der Waals surface area contributed by atoms with E-state index in [1.54, 1.807) is 18.2 Å². The van der Waals surface area contributed by atoms with Crippen molar-refractivity contribution in [3.63, 3.8) is 0 Å². The van der Waals surface area contributed by atoms with Crippen LogP contribution in [0, 0.1) is 13.8 Å². The fourth-order valence-corrected chi connectivity index (χ4v) is 6.09. The number of likely N-dealkylation sites (tertiary alicyclic amines) is 1. The minimum Gasteiger partial charge on any atom is -0.492 e. The molecule has 0 unspecified atom stereocenters. The number of rotatable bonds is 9. The zero-order valence-corrected chi connectivity index (χ0v) is 18.7. The van der Waals surface area contributed by atoms with Crippen molar-refractivity contribution in [3.8, 4) is 5.75 Å². The molecule has 1 saturated heterocycles. The highest BCUT2D eigenvalue weighted by Crippen LogP contribution is 2.35. The van der Waals surface area contributed by atoms with E-state index in [0.29, 0.717) is 24.6 Å². The van der Waals surface area contributed by atoms with Crippen molar-refractivity contribution >= 4 is 10.0 Å². The van der Waals surface area contributed by atoms with Crippen molar-refractivity contribution in [2.75, 3.05) is 26.2 Å². The van der Waals surface area contributed by atoms with Gasteiger partial charge in [-0.3, -0.25) is 4.90 Å². The molecule has 1 saturated carbocycles. The van der Waals surface area contributed by atoms with E-state index >= 15 is 0 Å². The number of hydrogen-bond donors (Lipinski definition) is 0. The van der Waals surface area contributed by atoms with Gasteiger partial charge in [0.2, 0.25) is 10.0 Å². The minimum atomic E-state index is -3.67. The van der Waals surface area contributed by atoms with Gasteiger partial charge in [0.15, 0.2) is 5.76 Å². The Balaban J connectivity index is 1.43. The Hall–Kier alpha value is -1.90. The molecule has 164 valence electrons. The van der Waals surface area contributed by atoms with E-state index in [-0.39, 0.29) is 10.9 Å². The number of ether oxygens (including phenoxy) is 1. The van der Waals surface area contributed by atoms with Crippen LogP contribution in [0.3, 0.4) is 0 Å². The summed E-state index contributed by atoms with van der Waals surface area (Å²) in [4.78, 5) is 2.64. The topological polar surface area (TPSA) is 75.9 Å². The number of hydrogen-bond acceptors (Lipinski definition) is 6. The highest BCUT2D eigenvalue weighted by atomic mass is 32.2. The lowest BCUT2D eigenvalue weighted by atomic mass is 10.1. The van der Waals surface area contributed by atoms with Crippen molar-refractivity contribution in [2.45, 2.75) is 63.4 Å². The number of nitrogens with zero attached hydrogens (tertiary/aromatic N) is 3. The lowest BCUT2D eigenvalue weighted by Crippen LogP contribution is -2.33. The SMILES string of the molecule is Cc1noc(C)c1S(=O)(=O)N(Cc1cccc(OCCN2CCCCC2)c1)C1CC1. The summed E-state index contributed by atoms with van der Waals surface area (Å²) in [7, 11) is -3.67. The summed E-state index contributed by atoms with van der Waals surface area (Å²) in [6, 6.07) is 7.81. The van der Waals surface area contributed by atoms with Gasteiger partial charge >= 0.3 is 0 Å². The summed E-state index contributed by atoms with van der Waals surface area (Å²) >= 11 is 0. The number of sulfonamides is 1. The van der Waals surface area contributed by atoms with Crippen LogP contribution in [-0.2, 0) is 16.6 Å². The molecule has 7 nitrogen and oxygen atoms in total. The third-order valence-electron chi connectivity index (χ3n) is 5.85. The minimum absolute atomic E-state index is 0.0346. The summed E-state index contributed by atoms with van der Waals surface area (Å²) in [6.07, 6.45) is 5.63. The van der Waals surface area contributed by atoms with E-state index < -0.39 is 10.0 Å². The maximum absolute atomic E-state index is 13.3. The zero-order valence-electron chi connectivity index (χ0n) is 17.8. The Labute approximate surface area is 179 Å². The second-order valence-electron chi connectivity index (χ2n) is 8.33. The Morgan fingerprint density at radius 1 is 1.20 bits per heavy atom. The van der Waals surface area contributed by atoms with Gasteiger partial charge in [-0.15, -0.1) is 0 Å². The molecule has 2 heterocycles. The van der Waals surface area contributed by atoms with E-state index in [1.165, 1.54) is 19.3 Å². The molecule has 30 heavy (non-hydrogen) atoms. The monoisotopic (exact) mass is 433 g/mol. The van der Waals surface area contributed by atoms with Gasteiger partial charge in [-0.05, 0) is 70.3 Å². The Morgan fingerprint density at radius 3 is 2.63 bits per heavy atom. The molecule has 0 amide bonds. The third kappa shape index (κ3) is 4.87. The molecule has 1 aliphatic carbocycles. The lowest BCUT2D eigenvalue weighted by Gasteiger charge is -2.26. The van der Waals surface area contributed by atoms with Crippen LogP contribution in [0.1, 0.15) is 49.1 Å². The van der Waals surface area contributed by atoms with E-state index in [9.17, 15) is 8.42 Å². The molecule has 1 aromatic carbocycles. The maximum Gasteiger partial charge on any atom is 0.249 e.